The molecular formula is C20H23N3O5S2. The molecule has 0 fully saturated rings. The Kier molecular flexibility index (Phi) is 6.59. The summed E-state index contributed by atoms with van der Waals surface area (Å²) in [6, 6.07) is 7.90. The second-order valence-electron chi connectivity index (χ2n) is 6.31. The third kappa shape index (κ3) is 4.25. The zero-order chi connectivity index (χ0) is 21.9. The number of rotatable bonds is 8. The fraction of sp³-hybridized carbons (Fsp3) is 0.300. The summed E-state index contributed by atoms with van der Waals surface area (Å²) in [6.07, 6.45) is 1.54. The van der Waals surface area contributed by atoms with Crippen molar-refractivity contribution < 1.29 is 22.4 Å². The van der Waals surface area contributed by atoms with Crippen LogP contribution in [0, 0.1) is 6.92 Å². The lowest BCUT2D eigenvalue weighted by Gasteiger charge is -2.19. The Hall–Kier alpha value is -2.69. The van der Waals surface area contributed by atoms with Crippen LogP contribution in [0.5, 0.6) is 5.75 Å². The SMILES string of the molecule is CCN(CC)S(=O)(=O)c1ccc(OC)c(NC(=O)c2nc(-c3ccco3)sc2C)c1. The first-order chi connectivity index (χ1) is 14.3. The minimum atomic E-state index is -3.68. The number of aryl methyl sites for hydroxylation is 1. The van der Waals surface area contributed by atoms with Gasteiger partial charge in [-0.3, -0.25) is 4.79 Å². The summed E-state index contributed by atoms with van der Waals surface area (Å²) in [5.41, 5.74) is 0.494. The van der Waals surface area contributed by atoms with Gasteiger partial charge in [-0.25, -0.2) is 13.4 Å². The number of carbonyl (C=O) groups excluding carboxylic acids is 1. The molecule has 1 amide bonds. The molecule has 0 saturated carbocycles. The summed E-state index contributed by atoms with van der Waals surface area (Å²) >= 11 is 1.34. The number of nitrogens with zero attached hydrogens (tertiary/aromatic N) is 2. The van der Waals surface area contributed by atoms with E-state index in [0.29, 0.717) is 34.5 Å². The highest BCUT2D eigenvalue weighted by Gasteiger charge is 2.24. The first-order valence-electron chi connectivity index (χ1n) is 9.32. The molecule has 0 saturated heterocycles. The van der Waals surface area contributed by atoms with Crippen molar-refractivity contribution in [2.75, 3.05) is 25.5 Å². The molecule has 1 N–H and O–H groups in total. The number of nitrogens with one attached hydrogen (secondary N) is 1. The molecule has 3 rings (SSSR count). The first kappa shape index (κ1) is 22.0. The van der Waals surface area contributed by atoms with Gasteiger partial charge in [-0.15, -0.1) is 11.3 Å². The maximum atomic E-state index is 12.9. The van der Waals surface area contributed by atoms with E-state index in [4.69, 9.17) is 9.15 Å². The van der Waals surface area contributed by atoms with Crippen molar-refractivity contribution in [1.82, 2.24) is 9.29 Å². The molecule has 0 radical (unpaired) electrons. The van der Waals surface area contributed by atoms with Crippen LogP contribution in [-0.2, 0) is 10.0 Å². The molecule has 2 heterocycles. The van der Waals surface area contributed by atoms with E-state index in [1.165, 1.54) is 41.0 Å². The maximum absolute atomic E-state index is 12.9. The Morgan fingerprint density at radius 1 is 1.27 bits per heavy atom. The minimum absolute atomic E-state index is 0.0774. The molecule has 10 heteroatoms. The molecule has 0 bridgehead atoms. The van der Waals surface area contributed by atoms with Crippen molar-refractivity contribution in [1.29, 1.82) is 0 Å². The Balaban J connectivity index is 1.93. The average Bonchev–Trinajstić information content (AvgIpc) is 3.38. The lowest BCUT2D eigenvalue weighted by atomic mass is 10.2. The molecule has 0 atom stereocenters. The highest BCUT2D eigenvalue weighted by Crippen LogP contribution is 2.31. The summed E-state index contributed by atoms with van der Waals surface area (Å²) in [5, 5.41) is 3.32. The number of methoxy groups -OCH3 is 1. The Bertz CT molecular complexity index is 1130. The zero-order valence-corrected chi connectivity index (χ0v) is 18.8. The monoisotopic (exact) mass is 449 g/mol. The number of hydrogen-bond donors (Lipinski definition) is 1. The van der Waals surface area contributed by atoms with Crippen LogP contribution >= 0.6 is 11.3 Å². The minimum Gasteiger partial charge on any atom is -0.495 e. The molecule has 0 spiro atoms. The Labute approximate surface area is 179 Å². The van der Waals surface area contributed by atoms with E-state index in [1.54, 1.807) is 39.2 Å². The number of ether oxygens (including phenoxy) is 1. The highest BCUT2D eigenvalue weighted by molar-refractivity contribution is 7.89. The van der Waals surface area contributed by atoms with E-state index >= 15 is 0 Å². The lowest BCUT2D eigenvalue weighted by molar-refractivity contribution is 0.102. The summed E-state index contributed by atoms with van der Waals surface area (Å²) < 4.78 is 37.7. The van der Waals surface area contributed by atoms with Gasteiger partial charge in [0, 0.05) is 18.0 Å². The van der Waals surface area contributed by atoms with Gasteiger partial charge in [-0.1, -0.05) is 13.8 Å². The van der Waals surface area contributed by atoms with Crippen LogP contribution in [0.1, 0.15) is 29.2 Å². The van der Waals surface area contributed by atoms with E-state index in [-0.39, 0.29) is 16.3 Å². The normalized spacial score (nSPS) is 11.6. The molecule has 160 valence electrons. The number of thiazole rings is 1. The number of carbonyl (C=O) groups is 1. The molecule has 30 heavy (non-hydrogen) atoms. The summed E-state index contributed by atoms with van der Waals surface area (Å²) in [6.45, 7) is 6.03. The van der Waals surface area contributed by atoms with Crippen LogP contribution in [0.3, 0.4) is 0 Å². The van der Waals surface area contributed by atoms with E-state index in [0.717, 1.165) is 0 Å². The third-order valence-electron chi connectivity index (χ3n) is 4.51. The molecule has 8 nitrogen and oxygen atoms in total. The number of aromatic nitrogens is 1. The Morgan fingerprint density at radius 3 is 2.60 bits per heavy atom. The lowest BCUT2D eigenvalue weighted by Crippen LogP contribution is -2.30. The molecule has 0 aliphatic heterocycles. The molecule has 2 aromatic heterocycles. The van der Waals surface area contributed by atoms with Crippen molar-refractivity contribution in [3.8, 4) is 16.5 Å². The van der Waals surface area contributed by atoms with Gasteiger partial charge in [0.15, 0.2) is 10.8 Å². The molecule has 0 aliphatic carbocycles. The van der Waals surface area contributed by atoms with Crippen LogP contribution in [0.2, 0.25) is 0 Å². The fourth-order valence-corrected chi connectivity index (χ4v) is 5.32. The van der Waals surface area contributed by atoms with Crippen LogP contribution in [0.25, 0.3) is 10.8 Å². The van der Waals surface area contributed by atoms with Gasteiger partial charge in [-0.05, 0) is 37.3 Å². The number of benzene rings is 1. The van der Waals surface area contributed by atoms with Gasteiger partial charge < -0.3 is 14.5 Å². The smallest absolute Gasteiger partial charge is 0.275 e. The van der Waals surface area contributed by atoms with Gasteiger partial charge in [0.2, 0.25) is 10.0 Å². The number of amides is 1. The standard InChI is InChI=1S/C20H23N3O5S2/c1-5-23(6-2)30(25,26)14-9-10-16(27-4)15(12-14)21-19(24)18-13(3)29-20(22-18)17-8-7-11-28-17/h7-12H,5-6H2,1-4H3,(H,21,24). The average molecular weight is 450 g/mol. The molecular weight excluding hydrogens is 426 g/mol. The van der Waals surface area contributed by atoms with Crippen molar-refractivity contribution in [2.45, 2.75) is 25.7 Å². The summed E-state index contributed by atoms with van der Waals surface area (Å²) in [7, 11) is -2.23. The molecule has 0 unspecified atom stereocenters. The number of hydrogen-bond acceptors (Lipinski definition) is 7. The first-order valence-corrected chi connectivity index (χ1v) is 11.6. The molecule has 0 aliphatic rings. The topological polar surface area (TPSA) is 102 Å². The predicted molar refractivity (Wildman–Crippen MR) is 116 cm³/mol. The van der Waals surface area contributed by atoms with Crippen LogP contribution < -0.4 is 10.1 Å². The van der Waals surface area contributed by atoms with Crippen molar-refractivity contribution in [2.24, 2.45) is 0 Å². The maximum Gasteiger partial charge on any atom is 0.275 e. The number of furan rings is 1. The van der Waals surface area contributed by atoms with Gasteiger partial charge in [-0.2, -0.15) is 4.31 Å². The summed E-state index contributed by atoms with van der Waals surface area (Å²) in [5.74, 6) is 0.463. The highest BCUT2D eigenvalue weighted by atomic mass is 32.2. The van der Waals surface area contributed by atoms with Gasteiger partial charge >= 0.3 is 0 Å². The van der Waals surface area contributed by atoms with E-state index < -0.39 is 15.9 Å². The summed E-state index contributed by atoms with van der Waals surface area (Å²) in [4.78, 5) is 18.0. The predicted octanol–water partition coefficient (Wildman–Crippen LogP) is 4.00. The fourth-order valence-electron chi connectivity index (χ4n) is 2.95. The second kappa shape index (κ2) is 8.99. The molecule has 1 aromatic carbocycles. The number of anilines is 1. The van der Waals surface area contributed by atoms with Gasteiger partial charge in [0.05, 0.1) is 24.0 Å². The van der Waals surface area contributed by atoms with Crippen LogP contribution in [0.4, 0.5) is 5.69 Å². The van der Waals surface area contributed by atoms with Crippen molar-refractivity contribution in [3.63, 3.8) is 0 Å². The van der Waals surface area contributed by atoms with Gasteiger partial charge in [0.1, 0.15) is 11.4 Å². The Morgan fingerprint density at radius 2 is 2.00 bits per heavy atom. The quantitative estimate of drug-likeness (QED) is 0.558. The van der Waals surface area contributed by atoms with E-state index in [2.05, 4.69) is 10.3 Å². The zero-order valence-electron chi connectivity index (χ0n) is 17.1. The van der Waals surface area contributed by atoms with E-state index in [1.807, 2.05) is 0 Å². The van der Waals surface area contributed by atoms with E-state index in [9.17, 15) is 13.2 Å². The third-order valence-corrected chi connectivity index (χ3v) is 7.54. The number of sulfonamides is 1. The van der Waals surface area contributed by atoms with Crippen LogP contribution in [0.15, 0.2) is 45.9 Å². The van der Waals surface area contributed by atoms with Crippen molar-refractivity contribution >= 4 is 33.0 Å². The molecule has 3 aromatic rings. The largest absolute Gasteiger partial charge is 0.495 e. The second-order valence-corrected chi connectivity index (χ2v) is 9.45. The van der Waals surface area contributed by atoms with Crippen molar-refractivity contribution in [3.05, 3.63) is 47.2 Å². The van der Waals surface area contributed by atoms with Crippen LogP contribution in [-0.4, -0.2) is 43.8 Å². The van der Waals surface area contributed by atoms with Gasteiger partial charge in [0.25, 0.3) is 5.91 Å².